The zero-order chi connectivity index (χ0) is 27.4. The molecule has 38 heavy (non-hydrogen) atoms. The first-order valence-electron chi connectivity index (χ1n) is 12.7. The highest BCUT2D eigenvalue weighted by atomic mass is 32.2. The van der Waals surface area contributed by atoms with Crippen LogP contribution in [-0.2, 0) is 19.6 Å². The summed E-state index contributed by atoms with van der Waals surface area (Å²) in [6, 6.07) is 9.50. The zero-order valence-corrected chi connectivity index (χ0v) is 22.9. The molecule has 1 N–H and O–H groups in total. The quantitative estimate of drug-likeness (QED) is 0.213. The van der Waals surface area contributed by atoms with Crippen molar-refractivity contribution in [2.45, 2.75) is 45.4 Å². The summed E-state index contributed by atoms with van der Waals surface area (Å²) in [5, 5.41) is 3.24. The Morgan fingerprint density at radius 1 is 1.24 bits per heavy atom. The molecular formula is C28H33N3O6S. The molecule has 202 valence electrons. The average molecular weight is 540 g/mol. The number of carbonyl (C=O) groups excluding carboxylic acids is 2. The van der Waals surface area contributed by atoms with Crippen molar-refractivity contribution in [1.82, 2.24) is 10.3 Å². The summed E-state index contributed by atoms with van der Waals surface area (Å²) in [7, 11) is -2.11. The smallest absolute Gasteiger partial charge is 0.330 e. The first-order chi connectivity index (χ1) is 18.1. The molecule has 3 aromatic rings. The molecule has 1 aliphatic carbocycles. The maximum Gasteiger partial charge on any atom is 0.330 e. The number of pyridine rings is 1. The number of carbonyl (C=O) groups is 2. The number of hydrogen-bond acceptors (Lipinski definition) is 7. The Hall–Kier alpha value is -3.66. The van der Waals surface area contributed by atoms with Gasteiger partial charge in [-0.3, -0.25) is 9.10 Å². The van der Waals surface area contributed by atoms with Crippen LogP contribution in [0, 0.1) is 6.92 Å². The minimum atomic E-state index is -3.67. The van der Waals surface area contributed by atoms with Crippen LogP contribution in [0.4, 0.5) is 5.82 Å². The summed E-state index contributed by atoms with van der Waals surface area (Å²) >= 11 is 0. The fourth-order valence-electron chi connectivity index (χ4n) is 4.33. The van der Waals surface area contributed by atoms with E-state index in [0.717, 1.165) is 35.8 Å². The number of rotatable bonds is 11. The van der Waals surface area contributed by atoms with Gasteiger partial charge in [0.25, 0.3) is 5.91 Å². The van der Waals surface area contributed by atoms with Gasteiger partial charge in [-0.25, -0.2) is 13.2 Å². The molecule has 4 rings (SSSR count). The van der Waals surface area contributed by atoms with Crippen LogP contribution in [0.25, 0.3) is 22.4 Å². The fraction of sp³-hybridized carbons (Fsp3) is 0.393. The number of nitrogens with one attached hydrogen (secondary N) is 1. The summed E-state index contributed by atoms with van der Waals surface area (Å²) in [5.41, 5.74) is 3.17. The van der Waals surface area contributed by atoms with Gasteiger partial charge in [0.15, 0.2) is 0 Å². The lowest BCUT2D eigenvalue weighted by Gasteiger charge is -2.23. The Morgan fingerprint density at radius 2 is 1.95 bits per heavy atom. The van der Waals surface area contributed by atoms with Crippen LogP contribution in [0.15, 0.2) is 46.9 Å². The molecule has 2 heterocycles. The van der Waals surface area contributed by atoms with Gasteiger partial charge >= 0.3 is 5.97 Å². The third-order valence-corrected chi connectivity index (χ3v) is 7.54. The van der Waals surface area contributed by atoms with Crippen LogP contribution < -0.4 is 9.62 Å². The van der Waals surface area contributed by atoms with Crippen molar-refractivity contribution in [3.8, 4) is 11.3 Å². The van der Waals surface area contributed by atoms with Crippen LogP contribution in [-0.4, -0.2) is 51.7 Å². The van der Waals surface area contributed by atoms with Gasteiger partial charge in [-0.2, -0.15) is 4.98 Å². The van der Waals surface area contributed by atoms with Gasteiger partial charge in [0.1, 0.15) is 11.6 Å². The van der Waals surface area contributed by atoms with E-state index in [2.05, 4.69) is 5.32 Å². The first-order valence-corrected chi connectivity index (χ1v) is 14.6. The molecule has 0 aliphatic heterocycles. The second-order valence-electron chi connectivity index (χ2n) is 9.41. The Morgan fingerprint density at radius 3 is 2.55 bits per heavy atom. The van der Waals surface area contributed by atoms with Gasteiger partial charge < -0.3 is 14.5 Å². The molecule has 0 saturated heterocycles. The molecule has 2 aromatic heterocycles. The molecule has 1 amide bonds. The average Bonchev–Trinajstić information content (AvgIpc) is 3.65. The van der Waals surface area contributed by atoms with Gasteiger partial charge in [0.05, 0.1) is 23.8 Å². The Bertz CT molecular complexity index is 1470. The number of ether oxygens (including phenoxy) is 1. The number of furan rings is 1. The van der Waals surface area contributed by atoms with Crippen molar-refractivity contribution in [1.29, 1.82) is 0 Å². The van der Waals surface area contributed by atoms with Gasteiger partial charge in [0, 0.05) is 25.2 Å². The van der Waals surface area contributed by atoms with Crippen LogP contribution >= 0.6 is 0 Å². The molecule has 1 aromatic carbocycles. The highest BCUT2D eigenvalue weighted by Gasteiger charge is 2.34. The molecule has 0 spiro atoms. The van der Waals surface area contributed by atoms with Crippen molar-refractivity contribution >= 4 is 38.8 Å². The number of aryl methyl sites for hydroxylation is 1. The number of benzene rings is 1. The number of anilines is 1. The summed E-state index contributed by atoms with van der Waals surface area (Å²) in [4.78, 5) is 29.2. The summed E-state index contributed by atoms with van der Waals surface area (Å²) in [6.45, 7) is 4.18. The van der Waals surface area contributed by atoms with E-state index in [1.807, 2.05) is 37.3 Å². The second-order valence-corrected chi connectivity index (χ2v) is 11.3. The highest BCUT2D eigenvalue weighted by Crippen LogP contribution is 2.46. The normalized spacial score (nSPS) is 13.7. The SMILES string of the molecule is CCOC(=O)C=CCCCN(c1nc2oc(-c3ccc(C)cc3)c(C(=O)NC)c2cc1C1CC1)S(C)(=O)=O. The predicted molar refractivity (Wildman–Crippen MR) is 147 cm³/mol. The number of aromatic nitrogens is 1. The third kappa shape index (κ3) is 6.07. The standard InChI is InChI=1S/C28H33N3O6S/c1-5-36-23(32)9-7-6-8-16-31(38(4,34)35)26-21(19-14-15-19)17-22-24(27(33)29-3)25(37-28(22)30-26)20-12-10-18(2)11-13-20/h7,9-13,17,19H,5-6,8,14-16H2,1-4H3,(H,29,33). The van der Waals surface area contributed by atoms with Crippen LogP contribution in [0.2, 0.25) is 0 Å². The lowest BCUT2D eigenvalue weighted by atomic mass is 10.0. The van der Waals surface area contributed by atoms with Crippen molar-refractivity contribution in [2.75, 3.05) is 30.8 Å². The summed E-state index contributed by atoms with van der Waals surface area (Å²) < 4.78 is 38.1. The van der Waals surface area contributed by atoms with Gasteiger partial charge in [-0.15, -0.1) is 0 Å². The number of allylic oxidation sites excluding steroid dienone is 1. The van der Waals surface area contributed by atoms with Crippen molar-refractivity contribution in [3.05, 3.63) is 59.2 Å². The number of unbranched alkanes of at least 4 members (excludes halogenated alkanes) is 1. The summed E-state index contributed by atoms with van der Waals surface area (Å²) in [5.74, 6) is 0.143. The largest absolute Gasteiger partial charge is 0.463 e. The molecule has 0 bridgehead atoms. The molecule has 0 atom stereocenters. The van der Waals surface area contributed by atoms with Crippen LogP contribution in [0.5, 0.6) is 0 Å². The molecule has 9 nitrogen and oxygen atoms in total. The number of esters is 1. The van der Waals surface area contributed by atoms with E-state index < -0.39 is 16.0 Å². The maximum absolute atomic E-state index is 13.0. The van der Waals surface area contributed by atoms with E-state index in [1.165, 1.54) is 10.4 Å². The molecule has 10 heteroatoms. The molecule has 1 fully saturated rings. The fourth-order valence-corrected chi connectivity index (χ4v) is 5.26. The number of nitrogens with zero attached hydrogens (tertiary/aromatic N) is 2. The molecule has 1 saturated carbocycles. The van der Waals surface area contributed by atoms with E-state index in [9.17, 15) is 18.0 Å². The minimum Gasteiger partial charge on any atom is -0.463 e. The molecule has 0 unspecified atom stereocenters. The van der Waals surface area contributed by atoms with Crippen LogP contribution in [0.1, 0.15) is 60.0 Å². The zero-order valence-electron chi connectivity index (χ0n) is 22.1. The Labute approximate surface area is 222 Å². The number of fused-ring (bicyclic) bond motifs is 1. The Kier molecular flexibility index (Phi) is 8.20. The molecule has 0 radical (unpaired) electrons. The van der Waals surface area contributed by atoms with E-state index in [-0.39, 0.29) is 24.1 Å². The van der Waals surface area contributed by atoms with E-state index in [0.29, 0.717) is 42.0 Å². The number of sulfonamides is 1. The lowest BCUT2D eigenvalue weighted by Crippen LogP contribution is -2.32. The molecular weight excluding hydrogens is 506 g/mol. The monoisotopic (exact) mass is 539 g/mol. The summed E-state index contributed by atoms with van der Waals surface area (Å²) in [6.07, 6.45) is 6.97. The van der Waals surface area contributed by atoms with E-state index in [1.54, 1.807) is 20.0 Å². The minimum absolute atomic E-state index is 0.158. The highest BCUT2D eigenvalue weighted by molar-refractivity contribution is 7.92. The Balaban J connectivity index is 1.76. The third-order valence-electron chi connectivity index (χ3n) is 6.39. The van der Waals surface area contributed by atoms with Crippen molar-refractivity contribution in [3.63, 3.8) is 0 Å². The molecule has 1 aliphatic rings. The van der Waals surface area contributed by atoms with Gasteiger partial charge in [0.2, 0.25) is 15.7 Å². The van der Waals surface area contributed by atoms with E-state index >= 15 is 0 Å². The lowest BCUT2D eigenvalue weighted by molar-refractivity contribution is -0.137. The van der Waals surface area contributed by atoms with Gasteiger partial charge in [-0.05, 0) is 57.1 Å². The van der Waals surface area contributed by atoms with Gasteiger partial charge in [-0.1, -0.05) is 35.9 Å². The number of hydrogen-bond donors (Lipinski definition) is 1. The topological polar surface area (TPSA) is 119 Å². The maximum atomic E-state index is 13.0. The van der Waals surface area contributed by atoms with Crippen molar-refractivity contribution < 1.29 is 27.2 Å². The van der Waals surface area contributed by atoms with Crippen LogP contribution in [0.3, 0.4) is 0 Å². The second kappa shape index (κ2) is 11.4. The number of amides is 1. The van der Waals surface area contributed by atoms with E-state index in [4.69, 9.17) is 14.1 Å². The predicted octanol–water partition coefficient (Wildman–Crippen LogP) is 4.71. The van der Waals surface area contributed by atoms with Crippen molar-refractivity contribution in [2.24, 2.45) is 0 Å². The first kappa shape index (κ1) is 27.4.